The second-order valence-corrected chi connectivity index (χ2v) is 11.2. The summed E-state index contributed by atoms with van der Waals surface area (Å²) < 4.78 is 11.5. The molecule has 4 rings (SSSR count). The van der Waals surface area contributed by atoms with Gasteiger partial charge in [-0.25, -0.2) is 9.59 Å². The number of ketones is 1. The molecular formula is C32H38N2O7. The highest BCUT2D eigenvalue weighted by molar-refractivity contribution is 6.38. The lowest BCUT2D eigenvalue weighted by Crippen LogP contribution is -2.53. The van der Waals surface area contributed by atoms with Crippen molar-refractivity contribution in [2.24, 2.45) is 5.41 Å². The van der Waals surface area contributed by atoms with Crippen LogP contribution in [0.1, 0.15) is 70.1 Å². The molecule has 2 heterocycles. The quantitative estimate of drug-likeness (QED) is 0.229. The van der Waals surface area contributed by atoms with Crippen molar-refractivity contribution in [3.05, 3.63) is 65.9 Å². The number of ether oxygens (including phenoxy) is 2. The normalized spacial score (nSPS) is 16.3. The van der Waals surface area contributed by atoms with Crippen molar-refractivity contribution in [1.82, 2.24) is 9.88 Å². The topological polar surface area (TPSA) is 126 Å². The van der Waals surface area contributed by atoms with E-state index in [0.717, 1.165) is 22.9 Å². The first-order valence-electron chi connectivity index (χ1n) is 14.2. The van der Waals surface area contributed by atoms with Crippen LogP contribution in [0.15, 0.2) is 54.7 Å². The Balaban J connectivity index is 1.58. The molecule has 1 aliphatic heterocycles. The molecule has 1 aromatic heterocycles. The third kappa shape index (κ3) is 7.14. The largest absolute Gasteiger partial charge is 0.482 e. The van der Waals surface area contributed by atoms with Gasteiger partial charge in [-0.2, -0.15) is 0 Å². The predicted octanol–water partition coefficient (Wildman–Crippen LogP) is 5.23. The van der Waals surface area contributed by atoms with E-state index in [0.29, 0.717) is 50.0 Å². The summed E-state index contributed by atoms with van der Waals surface area (Å²) in [4.78, 5) is 55.6. The Bertz CT molecular complexity index is 1410. The molecule has 0 saturated carbocycles. The summed E-state index contributed by atoms with van der Waals surface area (Å²) in [6.45, 7) is 5.17. The van der Waals surface area contributed by atoms with Gasteiger partial charge in [-0.15, -0.1) is 0 Å². The highest BCUT2D eigenvalue weighted by Gasteiger charge is 2.41. The molecule has 218 valence electrons. The molecule has 0 spiro atoms. The van der Waals surface area contributed by atoms with E-state index in [4.69, 9.17) is 14.6 Å². The number of carboxylic acids is 1. The Hall–Kier alpha value is -4.14. The molecule has 1 amide bonds. The van der Waals surface area contributed by atoms with Crippen LogP contribution in [0, 0.1) is 5.41 Å². The maximum atomic E-state index is 13.7. The predicted molar refractivity (Wildman–Crippen MR) is 153 cm³/mol. The highest BCUT2D eigenvalue weighted by atomic mass is 16.5. The molecule has 1 fully saturated rings. The summed E-state index contributed by atoms with van der Waals surface area (Å²) in [6, 6.07) is 13.9. The van der Waals surface area contributed by atoms with Crippen LogP contribution in [-0.2, 0) is 30.3 Å². The Morgan fingerprint density at radius 2 is 1.88 bits per heavy atom. The van der Waals surface area contributed by atoms with Crippen molar-refractivity contribution in [2.75, 3.05) is 13.2 Å². The summed E-state index contributed by atoms with van der Waals surface area (Å²) in [6.07, 6.45) is 4.68. The van der Waals surface area contributed by atoms with E-state index >= 15 is 0 Å². The van der Waals surface area contributed by atoms with Crippen molar-refractivity contribution >= 4 is 34.5 Å². The van der Waals surface area contributed by atoms with Gasteiger partial charge in [0.2, 0.25) is 5.78 Å². The molecular weight excluding hydrogens is 524 g/mol. The van der Waals surface area contributed by atoms with Gasteiger partial charge in [-0.3, -0.25) is 9.59 Å². The van der Waals surface area contributed by atoms with Crippen LogP contribution in [-0.4, -0.2) is 57.8 Å². The minimum absolute atomic E-state index is 0.322. The third-order valence-electron chi connectivity index (χ3n) is 7.93. The molecule has 3 aromatic rings. The maximum Gasteiger partial charge on any atom is 0.341 e. The number of nitrogens with one attached hydrogen (secondary N) is 1. The first-order valence-corrected chi connectivity index (χ1v) is 14.2. The molecule has 0 aliphatic carbocycles. The molecule has 41 heavy (non-hydrogen) atoms. The van der Waals surface area contributed by atoms with Crippen molar-refractivity contribution in [3.8, 4) is 5.75 Å². The lowest BCUT2D eigenvalue weighted by atomic mass is 9.84. The van der Waals surface area contributed by atoms with E-state index in [2.05, 4.69) is 4.98 Å². The van der Waals surface area contributed by atoms with E-state index in [9.17, 15) is 19.2 Å². The van der Waals surface area contributed by atoms with Gasteiger partial charge in [0.25, 0.3) is 5.91 Å². The van der Waals surface area contributed by atoms with Crippen LogP contribution in [0.5, 0.6) is 5.75 Å². The average molecular weight is 563 g/mol. The van der Waals surface area contributed by atoms with Crippen LogP contribution in [0.2, 0.25) is 0 Å². The number of Topliss-reactive ketones (excluding diaryl/α,β-unsaturated/α-hetero) is 1. The first-order chi connectivity index (χ1) is 19.6. The Morgan fingerprint density at radius 1 is 1.10 bits per heavy atom. The molecule has 0 bridgehead atoms. The molecule has 0 unspecified atom stereocenters. The number of benzene rings is 2. The lowest BCUT2D eigenvalue weighted by Gasteiger charge is -2.36. The van der Waals surface area contributed by atoms with E-state index in [1.165, 1.54) is 4.90 Å². The van der Waals surface area contributed by atoms with Crippen LogP contribution >= 0.6 is 0 Å². The number of carbonyl (C=O) groups excluding carboxylic acids is 3. The Kier molecular flexibility index (Phi) is 9.47. The molecule has 2 aromatic carbocycles. The minimum Gasteiger partial charge on any atom is -0.482 e. The first kappa shape index (κ1) is 29.8. The lowest BCUT2D eigenvalue weighted by molar-refractivity contribution is -0.164. The van der Waals surface area contributed by atoms with Gasteiger partial charge < -0.3 is 24.5 Å². The molecule has 9 nitrogen and oxygen atoms in total. The Labute approximate surface area is 239 Å². The number of hydrogen-bond acceptors (Lipinski definition) is 6. The van der Waals surface area contributed by atoms with Gasteiger partial charge in [0.1, 0.15) is 17.9 Å². The number of aromatic nitrogens is 1. The number of fused-ring (bicyclic) bond motifs is 1. The monoisotopic (exact) mass is 562 g/mol. The minimum atomic E-state index is -1.10. The second kappa shape index (κ2) is 13.0. The molecule has 2 N–H and O–H groups in total. The molecule has 1 saturated heterocycles. The van der Waals surface area contributed by atoms with Crippen LogP contribution in [0.3, 0.4) is 0 Å². The fourth-order valence-corrected chi connectivity index (χ4v) is 5.09. The van der Waals surface area contributed by atoms with Crippen LogP contribution < -0.4 is 4.74 Å². The second-order valence-electron chi connectivity index (χ2n) is 11.2. The van der Waals surface area contributed by atoms with Crippen molar-refractivity contribution in [2.45, 2.75) is 71.4 Å². The standard InChI is InChI=1S/C32H38N2O7/c1-4-32(2,3)29(37)30(38)34-17-8-7-14-26(34)31(39)41-27(21-10-9-11-23(18-21)40-20-28(35)36)16-15-22-19-33-25-13-6-5-12-24(22)25/h5-6,9-13,18-19,26-27,33H,4,7-8,14-17,20H2,1-3H3,(H,35,36)/t26-,27+/m0/s1. The van der Waals surface area contributed by atoms with E-state index in [1.807, 2.05) is 37.4 Å². The van der Waals surface area contributed by atoms with Gasteiger partial charge in [0, 0.05) is 29.1 Å². The summed E-state index contributed by atoms with van der Waals surface area (Å²) in [5, 5.41) is 10.1. The highest BCUT2D eigenvalue weighted by Crippen LogP contribution is 2.31. The number of piperidine rings is 1. The maximum absolute atomic E-state index is 13.7. The zero-order valence-corrected chi connectivity index (χ0v) is 23.9. The summed E-state index contributed by atoms with van der Waals surface area (Å²) in [5.41, 5.74) is 1.91. The number of rotatable bonds is 12. The van der Waals surface area contributed by atoms with Crippen molar-refractivity contribution in [1.29, 1.82) is 0 Å². The number of aryl methyl sites for hydroxylation is 1. The number of aliphatic carboxylic acids is 1. The summed E-state index contributed by atoms with van der Waals surface area (Å²) in [7, 11) is 0. The number of esters is 1. The molecule has 2 atom stereocenters. The zero-order valence-electron chi connectivity index (χ0n) is 23.9. The van der Waals surface area contributed by atoms with Crippen molar-refractivity contribution in [3.63, 3.8) is 0 Å². The van der Waals surface area contributed by atoms with Crippen LogP contribution in [0.4, 0.5) is 0 Å². The molecule has 0 radical (unpaired) electrons. The number of hydrogen-bond donors (Lipinski definition) is 2. The van der Waals surface area contributed by atoms with E-state index in [-0.39, 0.29) is 0 Å². The fourth-order valence-electron chi connectivity index (χ4n) is 5.09. The SMILES string of the molecule is CCC(C)(C)C(=O)C(=O)N1CCCC[C@H]1C(=O)O[C@H](CCc1c[nH]c2ccccc12)c1cccc(OCC(=O)O)c1. The van der Waals surface area contributed by atoms with Gasteiger partial charge in [0.15, 0.2) is 6.61 Å². The van der Waals surface area contributed by atoms with Crippen LogP contribution in [0.25, 0.3) is 10.9 Å². The number of nitrogens with zero attached hydrogens (tertiary/aromatic N) is 1. The molecule has 1 aliphatic rings. The van der Waals surface area contributed by atoms with E-state index < -0.39 is 47.8 Å². The number of likely N-dealkylation sites (tertiary alicyclic amines) is 1. The van der Waals surface area contributed by atoms with Crippen molar-refractivity contribution < 1.29 is 33.8 Å². The number of amides is 1. The summed E-state index contributed by atoms with van der Waals surface area (Å²) in [5.74, 6) is -2.45. The Morgan fingerprint density at radius 3 is 2.63 bits per heavy atom. The number of carboxylic acid groups (broad SMARTS) is 1. The average Bonchev–Trinajstić information content (AvgIpc) is 3.40. The number of carbonyl (C=O) groups is 4. The van der Waals surface area contributed by atoms with Gasteiger partial charge >= 0.3 is 11.9 Å². The third-order valence-corrected chi connectivity index (χ3v) is 7.93. The molecule has 9 heteroatoms. The smallest absolute Gasteiger partial charge is 0.341 e. The number of H-pyrrole nitrogens is 1. The van der Waals surface area contributed by atoms with Gasteiger partial charge in [-0.05, 0) is 67.9 Å². The fraction of sp³-hybridized carbons (Fsp3) is 0.438. The van der Waals surface area contributed by atoms with E-state index in [1.54, 1.807) is 38.1 Å². The summed E-state index contributed by atoms with van der Waals surface area (Å²) >= 11 is 0. The number of aromatic amines is 1. The van der Waals surface area contributed by atoms with Gasteiger partial charge in [-0.1, -0.05) is 51.1 Å². The number of para-hydroxylation sites is 1. The van der Waals surface area contributed by atoms with Gasteiger partial charge in [0.05, 0.1) is 0 Å². The zero-order chi connectivity index (χ0) is 29.6.